The highest BCUT2D eigenvalue weighted by Crippen LogP contribution is 2.45. The van der Waals surface area contributed by atoms with Gasteiger partial charge in [0.1, 0.15) is 0 Å². The van der Waals surface area contributed by atoms with Crippen LogP contribution < -0.4 is 0 Å². The number of thiophene rings is 1. The van der Waals surface area contributed by atoms with Gasteiger partial charge in [0.15, 0.2) is 17.5 Å². The third kappa shape index (κ3) is 6.18. The molecule has 0 amide bonds. The lowest BCUT2D eigenvalue weighted by molar-refractivity contribution is 1.06. The Kier molecular flexibility index (Phi) is 8.65. The molecule has 0 aliphatic heterocycles. The Labute approximate surface area is 362 Å². The second-order valence-electron chi connectivity index (χ2n) is 15.6. The summed E-state index contributed by atoms with van der Waals surface area (Å²) in [6, 6.07) is 77.5. The van der Waals surface area contributed by atoms with E-state index in [-0.39, 0.29) is 0 Å². The van der Waals surface area contributed by atoms with Crippen LogP contribution >= 0.6 is 11.3 Å². The maximum Gasteiger partial charge on any atom is 0.166 e. The minimum absolute atomic E-state index is 0.602. The molecule has 0 aliphatic carbocycles. The summed E-state index contributed by atoms with van der Waals surface area (Å²) in [5, 5.41) is 5.03. The van der Waals surface area contributed by atoms with Crippen molar-refractivity contribution in [2.75, 3.05) is 0 Å². The number of nitrogens with zero attached hydrogens (tertiary/aromatic N) is 4. The Hall–Kier alpha value is -7.99. The van der Waals surface area contributed by atoms with Gasteiger partial charge in [0.05, 0.1) is 16.7 Å². The molecule has 62 heavy (non-hydrogen) atoms. The van der Waals surface area contributed by atoms with Crippen LogP contribution in [0.15, 0.2) is 218 Å². The van der Waals surface area contributed by atoms with E-state index < -0.39 is 0 Å². The van der Waals surface area contributed by atoms with Gasteiger partial charge in [-0.05, 0) is 88.0 Å². The van der Waals surface area contributed by atoms with Gasteiger partial charge < -0.3 is 4.57 Å². The Morgan fingerprint density at radius 1 is 0.306 bits per heavy atom. The zero-order chi connectivity index (χ0) is 41.0. The smallest absolute Gasteiger partial charge is 0.166 e. The second kappa shape index (κ2) is 14.9. The molecule has 0 radical (unpaired) electrons. The fraction of sp³-hybridized carbons (Fsp3) is 0. The molecule has 0 fully saturated rings. The molecule has 0 saturated carbocycles. The molecule has 0 N–H and O–H groups in total. The molecule has 0 atom stereocenters. The van der Waals surface area contributed by atoms with Gasteiger partial charge in [-0.25, -0.2) is 15.0 Å². The summed E-state index contributed by atoms with van der Waals surface area (Å²) < 4.78 is 4.98. The van der Waals surface area contributed by atoms with Crippen LogP contribution in [0.2, 0.25) is 0 Å². The highest BCUT2D eigenvalue weighted by molar-refractivity contribution is 7.26. The first-order valence-electron chi connectivity index (χ1n) is 20.8. The fourth-order valence-corrected chi connectivity index (χ4v) is 10.1. The van der Waals surface area contributed by atoms with E-state index in [9.17, 15) is 0 Å². The predicted octanol–water partition coefficient (Wildman–Crippen LogP) is 15.3. The molecule has 0 unspecified atom stereocenters. The fourth-order valence-electron chi connectivity index (χ4n) is 8.94. The molecule has 0 saturated heterocycles. The second-order valence-corrected chi connectivity index (χ2v) is 16.7. The van der Waals surface area contributed by atoms with Gasteiger partial charge in [-0.1, -0.05) is 164 Å². The van der Waals surface area contributed by atoms with Crippen molar-refractivity contribution in [2.24, 2.45) is 0 Å². The molecule has 290 valence electrons. The lowest BCUT2D eigenvalue weighted by Crippen LogP contribution is -2.04. The summed E-state index contributed by atoms with van der Waals surface area (Å²) in [7, 11) is 0. The van der Waals surface area contributed by atoms with Crippen molar-refractivity contribution in [2.45, 2.75) is 0 Å². The molecule has 5 heteroatoms. The van der Waals surface area contributed by atoms with Crippen LogP contribution in [0.4, 0.5) is 0 Å². The van der Waals surface area contributed by atoms with E-state index in [0.29, 0.717) is 17.5 Å². The zero-order valence-corrected chi connectivity index (χ0v) is 34.3. The van der Waals surface area contributed by atoms with E-state index in [4.69, 9.17) is 15.0 Å². The summed E-state index contributed by atoms with van der Waals surface area (Å²) in [6.45, 7) is 0. The molecule has 0 bridgehead atoms. The van der Waals surface area contributed by atoms with Gasteiger partial charge in [-0.3, -0.25) is 0 Å². The van der Waals surface area contributed by atoms with Gasteiger partial charge in [0, 0.05) is 47.6 Å². The van der Waals surface area contributed by atoms with Crippen molar-refractivity contribution >= 4 is 53.3 Å². The summed E-state index contributed by atoms with van der Waals surface area (Å²) in [5.41, 5.74) is 12.8. The van der Waals surface area contributed by atoms with Crippen molar-refractivity contribution < 1.29 is 0 Å². The van der Waals surface area contributed by atoms with E-state index >= 15 is 0 Å². The first-order chi connectivity index (χ1) is 30.7. The minimum Gasteiger partial charge on any atom is -0.308 e. The minimum atomic E-state index is 0.602. The quantitative estimate of drug-likeness (QED) is 0.161. The van der Waals surface area contributed by atoms with E-state index in [1.807, 2.05) is 47.7 Å². The molecule has 12 rings (SSSR count). The normalized spacial score (nSPS) is 11.5. The summed E-state index contributed by atoms with van der Waals surface area (Å²) in [5.74, 6) is 1.85. The SMILES string of the molecule is c1ccc(-c2cc(-c3ccccc3)cc(-c3ccc(-n4c5ccccc5c5c6c(ccc54)sc4ccccc46)c(-c4nc(-c5ccccc5)nc(-c5ccccc5)n4)c3)c2)cc1. The number of fused-ring (bicyclic) bond motifs is 7. The number of para-hydroxylation sites is 1. The number of aromatic nitrogens is 4. The van der Waals surface area contributed by atoms with E-state index in [2.05, 4.69) is 187 Å². The largest absolute Gasteiger partial charge is 0.308 e. The van der Waals surface area contributed by atoms with Crippen LogP contribution in [0.1, 0.15) is 0 Å². The van der Waals surface area contributed by atoms with Crippen LogP contribution in [0, 0.1) is 0 Å². The highest BCUT2D eigenvalue weighted by atomic mass is 32.1. The van der Waals surface area contributed by atoms with Crippen molar-refractivity contribution in [3.05, 3.63) is 218 Å². The lowest BCUT2D eigenvalue weighted by Gasteiger charge is -2.17. The van der Waals surface area contributed by atoms with Gasteiger partial charge in [-0.2, -0.15) is 0 Å². The monoisotopic (exact) mass is 808 g/mol. The van der Waals surface area contributed by atoms with E-state index in [0.717, 1.165) is 55.7 Å². The number of rotatable bonds is 7. The standard InChI is InChI=1S/C57H36N4S/c1-5-17-37(18-6-1)42-33-43(38-19-7-2-8-20-38)35-44(34-42)41-29-30-49(47(36-41)57-59-55(39-21-9-3-10-22-39)58-56(60-57)40-23-11-4-12-24-40)61-48-27-15-13-25-45(48)53-50(61)31-32-52-54(53)46-26-14-16-28-51(46)62-52/h1-36H. The van der Waals surface area contributed by atoms with Crippen molar-refractivity contribution in [1.82, 2.24) is 19.5 Å². The molecule has 0 spiro atoms. The number of hydrogen-bond acceptors (Lipinski definition) is 4. The summed E-state index contributed by atoms with van der Waals surface area (Å²) in [4.78, 5) is 15.8. The van der Waals surface area contributed by atoms with Gasteiger partial charge in [0.25, 0.3) is 0 Å². The Balaban J connectivity index is 1.17. The van der Waals surface area contributed by atoms with Crippen molar-refractivity contribution in [3.8, 4) is 73.2 Å². The zero-order valence-electron chi connectivity index (χ0n) is 33.5. The average molecular weight is 809 g/mol. The maximum absolute atomic E-state index is 5.34. The van der Waals surface area contributed by atoms with E-state index in [1.165, 1.54) is 42.1 Å². The molecule has 12 aromatic rings. The topological polar surface area (TPSA) is 43.6 Å². The van der Waals surface area contributed by atoms with Crippen molar-refractivity contribution in [1.29, 1.82) is 0 Å². The van der Waals surface area contributed by atoms with Crippen LogP contribution in [-0.4, -0.2) is 19.5 Å². The third-order valence-corrected chi connectivity index (χ3v) is 13.0. The number of hydrogen-bond donors (Lipinski definition) is 0. The Bertz CT molecular complexity index is 3500. The molecular formula is C57H36N4S. The van der Waals surface area contributed by atoms with Gasteiger partial charge >= 0.3 is 0 Å². The Morgan fingerprint density at radius 2 is 0.806 bits per heavy atom. The van der Waals surface area contributed by atoms with Crippen LogP contribution in [0.3, 0.4) is 0 Å². The van der Waals surface area contributed by atoms with Crippen LogP contribution in [-0.2, 0) is 0 Å². The van der Waals surface area contributed by atoms with Crippen LogP contribution in [0.25, 0.3) is 115 Å². The highest BCUT2D eigenvalue weighted by Gasteiger charge is 2.23. The molecular weight excluding hydrogens is 773 g/mol. The molecule has 0 aliphatic rings. The van der Waals surface area contributed by atoms with Gasteiger partial charge in [0.2, 0.25) is 0 Å². The third-order valence-electron chi connectivity index (χ3n) is 11.8. The summed E-state index contributed by atoms with van der Waals surface area (Å²) >= 11 is 1.85. The molecule has 9 aromatic carbocycles. The van der Waals surface area contributed by atoms with Crippen molar-refractivity contribution in [3.63, 3.8) is 0 Å². The van der Waals surface area contributed by atoms with Gasteiger partial charge in [-0.15, -0.1) is 11.3 Å². The van der Waals surface area contributed by atoms with Crippen LogP contribution in [0.5, 0.6) is 0 Å². The molecule has 3 aromatic heterocycles. The lowest BCUT2D eigenvalue weighted by atomic mass is 9.92. The average Bonchev–Trinajstić information content (AvgIpc) is 3.90. The number of benzene rings is 9. The Morgan fingerprint density at radius 3 is 1.42 bits per heavy atom. The summed E-state index contributed by atoms with van der Waals surface area (Å²) in [6.07, 6.45) is 0. The first-order valence-corrected chi connectivity index (χ1v) is 21.7. The molecule has 3 heterocycles. The molecule has 4 nitrogen and oxygen atoms in total. The predicted molar refractivity (Wildman–Crippen MR) is 260 cm³/mol. The first kappa shape index (κ1) is 35.9. The van der Waals surface area contributed by atoms with E-state index in [1.54, 1.807) is 0 Å². The maximum atomic E-state index is 5.34.